The number of amides is 1. The lowest BCUT2D eigenvalue weighted by atomic mass is 10.2. The van der Waals surface area contributed by atoms with Gasteiger partial charge in [0.2, 0.25) is 0 Å². The molecule has 9 heteroatoms. The zero-order chi connectivity index (χ0) is 15.8. The smallest absolute Gasteiger partial charge is 0.382 e. The van der Waals surface area contributed by atoms with Crippen LogP contribution in [0.15, 0.2) is 0 Å². The van der Waals surface area contributed by atoms with Gasteiger partial charge in [-0.2, -0.15) is 17.5 Å². The molecule has 1 saturated carbocycles. The Kier molecular flexibility index (Phi) is 4.31. The SMILES string of the molecule is CC(C)N(CC(F)(F)F)c1snc(N)c1C(=O)NC1CC1. The Hall–Kier alpha value is -1.51. The maximum atomic E-state index is 12.7. The van der Waals surface area contributed by atoms with E-state index in [0.29, 0.717) is 0 Å². The van der Waals surface area contributed by atoms with Gasteiger partial charge in [-0.15, -0.1) is 0 Å². The molecule has 1 heterocycles. The predicted molar refractivity (Wildman–Crippen MR) is 75.6 cm³/mol. The van der Waals surface area contributed by atoms with Gasteiger partial charge in [0.25, 0.3) is 5.91 Å². The first-order valence-corrected chi connectivity index (χ1v) is 7.35. The number of alkyl halides is 3. The summed E-state index contributed by atoms with van der Waals surface area (Å²) >= 11 is 0.819. The fourth-order valence-electron chi connectivity index (χ4n) is 1.87. The summed E-state index contributed by atoms with van der Waals surface area (Å²) in [5.41, 5.74) is 5.72. The Bertz CT molecular complexity index is 525. The molecule has 0 radical (unpaired) electrons. The molecule has 118 valence electrons. The van der Waals surface area contributed by atoms with Gasteiger partial charge in [0.1, 0.15) is 17.1 Å². The van der Waals surface area contributed by atoms with E-state index in [4.69, 9.17) is 5.73 Å². The normalized spacial score (nSPS) is 15.3. The first-order chi connectivity index (χ1) is 9.69. The summed E-state index contributed by atoms with van der Waals surface area (Å²) in [5.74, 6) is -0.479. The summed E-state index contributed by atoms with van der Waals surface area (Å²) in [5, 5.41) is 2.90. The zero-order valence-electron chi connectivity index (χ0n) is 11.7. The maximum Gasteiger partial charge on any atom is 0.405 e. The molecule has 0 spiro atoms. The summed E-state index contributed by atoms with van der Waals surface area (Å²) in [7, 11) is 0. The third kappa shape index (κ3) is 3.99. The molecule has 2 rings (SSSR count). The van der Waals surface area contributed by atoms with E-state index in [1.165, 1.54) is 0 Å². The molecular formula is C12H17F3N4OS. The minimum Gasteiger partial charge on any atom is -0.382 e. The minimum atomic E-state index is -4.37. The predicted octanol–water partition coefficient (Wildman–Crippen LogP) is 2.39. The molecule has 21 heavy (non-hydrogen) atoms. The van der Waals surface area contributed by atoms with Crippen LogP contribution in [0.1, 0.15) is 37.0 Å². The maximum absolute atomic E-state index is 12.7. The lowest BCUT2D eigenvalue weighted by molar-refractivity contribution is -0.120. The van der Waals surface area contributed by atoms with Crippen LogP contribution < -0.4 is 16.0 Å². The number of carbonyl (C=O) groups is 1. The van der Waals surface area contributed by atoms with Crippen molar-refractivity contribution in [1.82, 2.24) is 9.69 Å². The summed E-state index contributed by atoms with van der Waals surface area (Å²) < 4.78 is 42.0. The van der Waals surface area contributed by atoms with Gasteiger partial charge in [-0.05, 0) is 38.2 Å². The van der Waals surface area contributed by atoms with Gasteiger partial charge in [0.15, 0.2) is 5.82 Å². The van der Waals surface area contributed by atoms with Gasteiger partial charge in [0.05, 0.1) is 0 Å². The van der Waals surface area contributed by atoms with Crippen molar-refractivity contribution in [3.05, 3.63) is 5.56 Å². The monoisotopic (exact) mass is 322 g/mol. The number of aromatic nitrogens is 1. The van der Waals surface area contributed by atoms with Crippen LogP contribution >= 0.6 is 11.5 Å². The number of carbonyl (C=O) groups excluding carboxylic acids is 1. The molecule has 0 saturated heterocycles. The minimum absolute atomic E-state index is 0.0269. The number of nitrogens with zero attached hydrogens (tertiary/aromatic N) is 2. The third-order valence-corrected chi connectivity index (χ3v) is 3.97. The molecule has 3 N–H and O–H groups in total. The van der Waals surface area contributed by atoms with Crippen LogP contribution in [-0.2, 0) is 0 Å². The fourth-order valence-corrected chi connectivity index (χ4v) is 2.81. The number of anilines is 2. The molecule has 1 aliphatic carbocycles. The molecule has 1 fully saturated rings. The second-order valence-electron chi connectivity index (χ2n) is 5.33. The van der Waals surface area contributed by atoms with Crippen LogP contribution in [0.25, 0.3) is 0 Å². The molecular weight excluding hydrogens is 305 g/mol. The fraction of sp³-hybridized carbons (Fsp3) is 0.667. The van der Waals surface area contributed by atoms with E-state index in [2.05, 4.69) is 9.69 Å². The quantitative estimate of drug-likeness (QED) is 0.873. The second kappa shape index (κ2) is 5.70. The summed E-state index contributed by atoms with van der Waals surface area (Å²) in [4.78, 5) is 13.3. The van der Waals surface area contributed by atoms with Crippen molar-refractivity contribution in [3.8, 4) is 0 Å². The topological polar surface area (TPSA) is 71.2 Å². The highest BCUT2D eigenvalue weighted by atomic mass is 32.1. The summed E-state index contributed by atoms with van der Waals surface area (Å²) in [6.45, 7) is 2.12. The number of hydrogen-bond donors (Lipinski definition) is 2. The van der Waals surface area contributed by atoms with Crippen molar-refractivity contribution >= 4 is 28.3 Å². The van der Waals surface area contributed by atoms with Crippen molar-refractivity contribution in [1.29, 1.82) is 0 Å². The van der Waals surface area contributed by atoms with Gasteiger partial charge in [0, 0.05) is 12.1 Å². The first-order valence-electron chi connectivity index (χ1n) is 6.58. The van der Waals surface area contributed by atoms with Gasteiger partial charge < -0.3 is 16.0 Å². The zero-order valence-corrected chi connectivity index (χ0v) is 12.5. The van der Waals surface area contributed by atoms with Crippen molar-refractivity contribution in [2.24, 2.45) is 0 Å². The number of nitrogen functional groups attached to an aromatic ring is 1. The molecule has 0 unspecified atom stereocenters. The number of nitrogens with two attached hydrogens (primary N) is 1. The van der Waals surface area contributed by atoms with E-state index in [1.807, 2.05) is 0 Å². The van der Waals surface area contributed by atoms with Gasteiger partial charge in [-0.25, -0.2) is 0 Å². The van der Waals surface area contributed by atoms with E-state index in [0.717, 1.165) is 29.3 Å². The van der Waals surface area contributed by atoms with E-state index < -0.39 is 24.7 Å². The Morgan fingerprint density at radius 3 is 2.62 bits per heavy atom. The summed E-state index contributed by atoms with van der Waals surface area (Å²) in [6, 6.07) is -0.335. The first kappa shape index (κ1) is 15.9. The van der Waals surface area contributed by atoms with Crippen molar-refractivity contribution in [3.63, 3.8) is 0 Å². The molecule has 0 atom stereocenters. The van der Waals surface area contributed by atoms with Gasteiger partial charge >= 0.3 is 6.18 Å². The highest BCUT2D eigenvalue weighted by molar-refractivity contribution is 7.11. The Morgan fingerprint density at radius 1 is 1.52 bits per heavy atom. The van der Waals surface area contributed by atoms with Crippen molar-refractivity contribution in [2.45, 2.75) is 44.9 Å². The highest BCUT2D eigenvalue weighted by Gasteiger charge is 2.36. The third-order valence-electron chi connectivity index (χ3n) is 3.07. The average Bonchev–Trinajstić information content (AvgIpc) is 3.06. The largest absolute Gasteiger partial charge is 0.405 e. The molecule has 0 aromatic carbocycles. The summed E-state index contributed by atoms with van der Waals surface area (Å²) in [6.07, 6.45) is -2.60. The number of rotatable bonds is 5. The van der Waals surface area contributed by atoms with Crippen LogP contribution in [0.4, 0.5) is 24.0 Å². The molecule has 1 aromatic heterocycles. The van der Waals surface area contributed by atoms with Crippen LogP contribution in [0.2, 0.25) is 0 Å². The van der Waals surface area contributed by atoms with E-state index in [-0.39, 0.29) is 22.4 Å². The van der Waals surface area contributed by atoms with E-state index in [9.17, 15) is 18.0 Å². The van der Waals surface area contributed by atoms with Crippen molar-refractivity contribution in [2.75, 3.05) is 17.2 Å². The Labute approximate surface area is 124 Å². The highest BCUT2D eigenvalue weighted by Crippen LogP contribution is 2.34. The lowest BCUT2D eigenvalue weighted by Gasteiger charge is -2.28. The van der Waals surface area contributed by atoms with Crippen LogP contribution in [0, 0.1) is 0 Å². The van der Waals surface area contributed by atoms with Crippen LogP contribution in [0.3, 0.4) is 0 Å². The lowest BCUT2D eigenvalue weighted by Crippen LogP contribution is -2.40. The van der Waals surface area contributed by atoms with Crippen LogP contribution in [-0.4, -0.2) is 35.1 Å². The standard InChI is InChI=1S/C12H17F3N4OS/c1-6(2)19(5-12(13,14)15)11-8(9(16)18-21-11)10(20)17-7-3-4-7/h6-7H,3-5H2,1-2H3,(H2,16,18)(H,17,20). The van der Waals surface area contributed by atoms with E-state index in [1.54, 1.807) is 13.8 Å². The molecule has 0 bridgehead atoms. The van der Waals surface area contributed by atoms with Crippen LogP contribution in [0.5, 0.6) is 0 Å². The van der Waals surface area contributed by atoms with Gasteiger partial charge in [-0.1, -0.05) is 0 Å². The molecule has 0 aliphatic heterocycles. The molecule has 5 nitrogen and oxygen atoms in total. The molecule has 1 amide bonds. The van der Waals surface area contributed by atoms with Crippen molar-refractivity contribution < 1.29 is 18.0 Å². The number of nitrogens with one attached hydrogen (secondary N) is 1. The Balaban J connectivity index is 2.29. The van der Waals surface area contributed by atoms with E-state index >= 15 is 0 Å². The molecule has 1 aromatic rings. The second-order valence-corrected chi connectivity index (χ2v) is 6.08. The number of hydrogen-bond acceptors (Lipinski definition) is 5. The number of halogens is 3. The molecule has 1 aliphatic rings. The van der Waals surface area contributed by atoms with Gasteiger partial charge in [-0.3, -0.25) is 4.79 Å². The average molecular weight is 322 g/mol. The Morgan fingerprint density at radius 2 is 2.14 bits per heavy atom.